The Morgan fingerprint density at radius 3 is 1.80 bits per heavy atom. The number of rotatable bonds is 6. The van der Waals surface area contributed by atoms with Gasteiger partial charge in [0.25, 0.3) is 17.7 Å². The average Bonchev–Trinajstić information content (AvgIpc) is 3.11. The van der Waals surface area contributed by atoms with Gasteiger partial charge in [-0.15, -0.1) is 0 Å². The number of nitrogens with zero attached hydrogens (tertiary/aromatic N) is 2. The van der Waals surface area contributed by atoms with E-state index in [-0.39, 0.29) is 5.91 Å². The van der Waals surface area contributed by atoms with Crippen LogP contribution in [0.2, 0.25) is 0 Å². The van der Waals surface area contributed by atoms with E-state index < -0.39 is 23.9 Å². The molecule has 0 unspecified atom stereocenters. The van der Waals surface area contributed by atoms with E-state index in [0.717, 1.165) is 10.5 Å². The van der Waals surface area contributed by atoms with E-state index in [1.165, 1.54) is 21.3 Å². The zero-order valence-corrected chi connectivity index (χ0v) is 19.8. The Kier molecular flexibility index (Phi) is 5.43. The molecule has 3 amide bonds. The van der Waals surface area contributed by atoms with Crippen molar-refractivity contribution in [1.29, 1.82) is 0 Å². The molecule has 3 aromatic rings. The Bertz CT molecular complexity index is 1310. The van der Waals surface area contributed by atoms with Crippen LogP contribution < -0.4 is 19.1 Å². The quantitative estimate of drug-likeness (QED) is 0.401. The highest BCUT2D eigenvalue weighted by Crippen LogP contribution is 2.48. The van der Waals surface area contributed by atoms with Crippen molar-refractivity contribution in [3.8, 4) is 17.2 Å². The monoisotopic (exact) mass is 472 g/mol. The fraction of sp³-hybridized carbons (Fsp3) is 0.222. The largest absolute Gasteiger partial charge is 0.493 e. The minimum atomic E-state index is -1.02. The summed E-state index contributed by atoms with van der Waals surface area (Å²) in [6.07, 6.45) is 0. The molecular weight excluding hydrogens is 448 g/mol. The van der Waals surface area contributed by atoms with Crippen LogP contribution >= 0.6 is 0 Å². The number of hydrogen-bond donors (Lipinski definition) is 0. The summed E-state index contributed by atoms with van der Waals surface area (Å²) in [6, 6.07) is 15.9. The number of ether oxygens (including phenoxy) is 3. The van der Waals surface area contributed by atoms with Gasteiger partial charge in [0.1, 0.15) is 6.04 Å². The summed E-state index contributed by atoms with van der Waals surface area (Å²) < 4.78 is 16.5. The SMILES string of the molecule is COc1cc([C@H]2[C@@H](N3C(=O)c4ccccc4C3=O)C(=O)N2c2cccc(C)c2)cc(OC)c1OC. The molecule has 0 N–H and O–H groups in total. The number of carbonyl (C=O) groups is 3. The van der Waals surface area contributed by atoms with Crippen molar-refractivity contribution in [3.05, 3.63) is 82.9 Å². The lowest BCUT2D eigenvalue weighted by Gasteiger charge is -2.50. The Morgan fingerprint density at radius 1 is 0.686 bits per heavy atom. The topological polar surface area (TPSA) is 85.4 Å². The highest BCUT2D eigenvalue weighted by Gasteiger charge is 2.57. The first kappa shape index (κ1) is 22.5. The second-order valence-electron chi connectivity index (χ2n) is 8.42. The summed E-state index contributed by atoms with van der Waals surface area (Å²) in [4.78, 5) is 42.8. The lowest BCUT2D eigenvalue weighted by atomic mass is 9.85. The highest BCUT2D eigenvalue weighted by atomic mass is 16.5. The Labute approximate surface area is 202 Å². The zero-order valence-electron chi connectivity index (χ0n) is 19.8. The molecule has 2 aliphatic rings. The molecule has 2 atom stereocenters. The molecule has 2 aliphatic heterocycles. The first-order valence-electron chi connectivity index (χ1n) is 11.1. The van der Waals surface area contributed by atoms with E-state index in [1.807, 2.05) is 31.2 Å². The minimum Gasteiger partial charge on any atom is -0.493 e. The Hall–Kier alpha value is -4.33. The average molecular weight is 472 g/mol. The number of aryl methyl sites for hydroxylation is 1. The third-order valence-electron chi connectivity index (χ3n) is 6.48. The molecule has 0 radical (unpaired) electrons. The van der Waals surface area contributed by atoms with E-state index in [0.29, 0.717) is 39.6 Å². The molecule has 3 aromatic carbocycles. The summed E-state index contributed by atoms with van der Waals surface area (Å²) in [7, 11) is 4.52. The molecule has 0 aromatic heterocycles. The van der Waals surface area contributed by atoms with E-state index >= 15 is 0 Å². The fourth-order valence-electron chi connectivity index (χ4n) is 4.86. The summed E-state index contributed by atoms with van der Waals surface area (Å²) in [6.45, 7) is 1.93. The Morgan fingerprint density at radius 2 is 1.29 bits per heavy atom. The molecule has 2 heterocycles. The van der Waals surface area contributed by atoms with E-state index in [1.54, 1.807) is 41.3 Å². The van der Waals surface area contributed by atoms with E-state index in [9.17, 15) is 14.4 Å². The molecule has 1 fully saturated rings. The van der Waals surface area contributed by atoms with Crippen LogP contribution in [0.25, 0.3) is 0 Å². The Balaban J connectivity index is 1.66. The van der Waals surface area contributed by atoms with Crippen LogP contribution in [-0.2, 0) is 4.79 Å². The van der Waals surface area contributed by atoms with Gasteiger partial charge in [0.15, 0.2) is 11.5 Å². The molecule has 5 rings (SSSR count). The van der Waals surface area contributed by atoms with Gasteiger partial charge in [0.05, 0.1) is 38.5 Å². The van der Waals surface area contributed by atoms with Crippen molar-refractivity contribution in [3.63, 3.8) is 0 Å². The molecule has 8 nitrogen and oxygen atoms in total. The number of imide groups is 1. The van der Waals surface area contributed by atoms with Crippen LogP contribution in [0.15, 0.2) is 60.7 Å². The van der Waals surface area contributed by atoms with E-state index in [2.05, 4.69) is 0 Å². The van der Waals surface area contributed by atoms with Crippen LogP contribution in [0.3, 0.4) is 0 Å². The van der Waals surface area contributed by atoms with Crippen LogP contribution in [0.5, 0.6) is 17.2 Å². The molecule has 35 heavy (non-hydrogen) atoms. The van der Waals surface area contributed by atoms with Crippen LogP contribution in [0.4, 0.5) is 5.69 Å². The van der Waals surface area contributed by atoms with Gasteiger partial charge in [-0.2, -0.15) is 0 Å². The van der Waals surface area contributed by atoms with Crippen molar-refractivity contribution in [2.45, 2.75) is 19.0 Å². The highest BCUT2D eigenvalue weighted by molar-refractivity contribution is 6.24. The molecule has 1 saturated heterocycles. The number of hydrogen-bond acceptors (Lipinski definition) is 6. The molecule has 0 spiro atoms. The normalized spacial score (nSPS) is 18.9. The first-order chi connectivity index (χ1) is 16.9. The van der Waals surface area contributed by atoms with Crippen molar-refractivity contribution >= 4 is 23.4 Å². The van der Waals surface area contributed by atoms with Crippen LogP contribution in [0.1, 0.15) is 37.9 Å². The first-order valence-corrected chi connectivity index (χ1v) is 11.1. The zero-order chi connectivity index (χ0) is 24.9. The number of amides is 3. The van der Waals surface area contributed by atoms with Crippen molar-refractivity contribution in [2.24, 2.45) is 0 Å². The fourth-order valence-corrected chi connectivity index (χ4v) is 4.86. The molecule has 8 heteroatoms. The van der Waals surface area contributed by atoms with Crippen molar-refractivity contribution in [2.75, 3.05) is 26.2 Å². The van der Waals surface area contributed by atoms with Gasteiger partial charge in [-0.05, 0) is 54.4 Å². The third-order valence-corrected chi connectivity index (χ3v) is 6.48. The van der Waals surface area contributed by atoms with Crippen LogP contribution in [-0.4, -0.2) is 50.0 Å². The number of benzene rings is 3. The number of methoxy groups -OCH3 is 3. The predicted octanol–water partition coefficient (Wildman–Crippen LogP) is 3.77. The number of β-lactam (4-membered cyclic amide) rings is 1. The predicted molar refractivity (Wildman–Crippen MR) is 128 cm³/mol. The van der Waals surface area contributed by atoms with E-state index in [4.69, 9.17) is 14.2 Å². The smallest absolute Gasteiger partial charge is 0.262 e. The second-order valence-corrected chi connectivity index (χ2v) is 8.42. The molecular formula is C27H24N2O6. The molecule has 0 saturated carbocycles. The van der Waals surface area contributed by atoms with Crippen LogP contribution in [0, 0.1) is 6.92 Å². The van der Waals surface area contributed by atoms with Gasteiger partial charge in [0.2, 0.25) is 5.75 Å². The molecule has 178 valence electrons. The van der Waals surface area contributed by atoms with Crippen molar-refractivity contribution < 1.29 is 28.6 Å². The van der Waals surface area contributed by atoms with Gasteiger partial charge in [-0.25, -0.2) is 0 Å². The van der Waals surface area contributed by atoms with Gasteiger partial charge < -0.3 is 19.1 Å². The lowest BCUT2D eigenvalue weighted by Crippen LogP contribution is -2.67. The summed E-state index contributed by atoms with van der Waals surface area (Å²) in [5, 5.41) is 0. The van der Waals surface area contributed by atoms with Crippen molar-refractivity contribution in [1.82, 2.24) is 4.90 Å². The molecule has 0 bridgehead atoms. The maximum absolute atomic E-state index is 13.6. The summed E-state index contributed by atoms with van der Waals surface area (Å²) in [5.74, 6) is -0.0822. The number of carbonyl (C=O) groups excluding carboxylic acids is 3. The van der Waals surface area contributed by atoms with Gasteiger partial charge in [0, 0.05) is 5.69 Å². The van der Waals surface area contributed by atoms with Gasteiger partial charge >= 0.3 is 0 Å². The summed E-state index contributed by atoms with van der Waals surface area (Å²) >= 11 is 0. The summed E-state index contributed by atoms with van der Waals surface area (Å²) in [5.41, 5.74) is 2.87. The standard InChI is InChI=1S/C27H24N2O6/c1-15-8-7-9-17(12-15)28-22(16-13-20(33-2)24(35-4)21(14-16)34-3)23(27(28)32)29-25(30)18-10-5-6-11-19(18)26(29)31/h5-14,22-23H,1-4H3/t22-,23+/m0/s1. The molecule has 0 aliphatic carbocycles. The number of fused-ring (bicyclic) bond motifs is 1. The van der Waals surface area contributed by atoms with Gasteiger partial charge in [-0.1, -0.05) is 24.3 Å². The second kappa shape index (κ2) is 8.47. The maximum Gasteiger partial charge on any atom is 0.262 e. The minimum absolute atomic E-state index is 0.294. The lowest BCUT2D eigenvalue weighted by molar-refractivity contribution is -0.130. The maximum atomic E-state index is 13.6. The number of anilines is 1. The van der Waals surface area contributed by atoms with Gasteiger partial charge in [-0.3, -0.25) is 19.3 Å². The third kappa shape index (κ3) is 3.32.